The van der Waals surface area contributed by atoms with Crippen LogP contribution in [0, 0.1) is 0 Å². The van der Waals surface area contributed by atoms with Crippen LogP contribution in [0.1, 0.15) is 12.5 Å². The van der Waals surface area contributed by atoms with Crippen molar-refractivity contribution in [3.63, 3.8) is 0 Å². The smallest absolute Gasteiger partial charge is 0.194 e. The van der Waals surface area contributed by atoms with E-state index >= 15 is 0 Å². The lowest BCUT2D eigenvalue weighted by molar-refractivity contribution is 0.303. The van der Waals surface area contributed by atoms with Crippen LogP contribution in [0.25, 0.3) is 0 Å². The number of aliphatic imine (C=N–C) groups is 1. The van der Waals surface area contributed by atoms with Gasteiger partial charge in [0, 0.05) is 39.8 Å². The maximum atomic E-state index is 11.5. The molecule has 26 heavy (non-hydrogen) atoms. The summed E-state index contributed by atoms with van der Waals surface area (Å²) in [4.78, 5) is 8.84. The highest BCUT2D eigenvalue weighted by molar-refractivity contribution is 7.91. The molecule has 0 aromatic heterocycles. The Bertz CT molecular complexity index is 726. The molecule has 0 aliphatic carbocycles. The molecule has 0 radical (unpaired) electrons. The van der Waals surface area contributed by atoms with E-state index < -0.39 is 9.84 Å². The lowest BCUT2D eigenvalue weighted by Crippen LogP contribution is -2.42. The van der Waals surface area contributed by atoms with Gasteiger partial charge >= 0.3 is 0 Å². The Labute approximate surface area is 166 Å². The van der Waals surface area contributed by atoms with Crippen molar-refractivity contribution in [2.75, 3.05) is 51.3 Å². The van der Waals surface area contributed by atoms with Crippen molar-refractivity contribution in [2.24, 2.45) is 4.99 Å². The van der Waals surface area contributed by atoms with Gasteiger partial charge in [0.15, 0.2) is 15.8 Å². The van der Waals surface area contributed by atoms with Crippen molar-refractivity contribution in [3.8, 4) is 0 Å². The number of sulfone groups is 1. The third-order valence-electron chi connectivity index (χ3n) is 4.22. The summed E-state index contributed by atoms with van der Waals surface area (Å²) < 4.78 is 23.0. The zero-order chi connectivity index (χ0) is 19.2. The minimum absolute atomic E-state index is 0.244. The van der Waals surface area contributed by atoms with Crippen molar-refractivity contribution >= 4 is 39.0 Å². The fraction of sp³-hybridized carbons (Fsp3) is 0.588. The van der Waals surface area contributed by atoms with Gasteiger partial charge in [-0.3, -0.25) is 9.89 Å². The molecule has 1 aliphatic heterocycles. The van der Waals surface area contributed by atoms with Crippen molar-refractivity contribution in [2.45, 2.75) is 13.5 Å². The highest BCUT2D eigenvalue weighted by Gasteiger charge is 2.20. The number of benzene rings is 1. The van der Waals surface area contributed by atoms with Crippen molar-refractivity contribution in [3.05, 3.63) is 33.8 Å². The fourth-order valence-corrected chi connectivity index (χ4v) is 4.33. The number of nitrogens with one attached hydrogen (secondary N) is 1. The third-order valence-corrected chi connectivity index (χ3v) is 6.56. The summed E-state index contributed by atoms with van der Waals surface area (Å²) in [5, 5.41) is 4.37. The highest BCUT2D eigenvalue weighted by atomic mass is 35.5. The van der Waals surface area contributed by atoms with Crippen LogP contribution in [0.4, 0.5) is 0 Å². The number of guanidine groups is 1. The molecular weight excluding hydrogens is 395 g/mol. The van der Waals surface area contributed by atoms with Crippen LogP contribution in [-0.2, 0) is 16.4 Å². The van der Waals surface area contributed by atoms with Gasteiger partial charge < -0.3 is 10.2 Å². The van der Waals surface area contributed by atoms with E-state index in [2.05, 4.69) is 15.2 Å². The topological polar surface area (TPSA) is 65.0 Å². The van der Waals surface area contributed by atoms with Crippen LogP contribution in [0.3, 0.4) is 0 Å². The molecule has 1 aromatic rings. The second-order valence-corrected chi connectivity index (χ2v) is 9.45. The van der Waals surface area contributed by atoms with Crippen LogP contribution in [0.2, 0.25) is 10.0 Å². The van der Waals surface area contributed by atoms with E-state index in [4.69, 9.17) is 23.2 Å². The minimum Gasteiger partial charge on any atom is -0.357 e. The van der Waals surface area contributed by atoms with Crippen LogP contribution in [0.15, 0.2) is 23.2 Å². The van der Waals surface area contributed by atoms with Crippen molar-refractivity contribution in [1.29, 1.82) is 0 Å². The lowest BCUT2D eigenvalue weighted by atomic mass is 10.2. The van der Waals surface area contributed by atoms with Gasteiger partial charge in [-0.2, -0.15) is 0 Å². The van der Waals surface area contributed by atoms with Crippen molar-refractivity contribution in [1.82, 2.24) is 15.1 Å². The fourth-order valence-electron chi connectivity index (χ4n) is 2.73. The Kier molecular flexibility index (Phi) is 8.01. The summed E-state index contributed by atoms with van der Waals surface area (Å²) in [5.74, 6) is 1.30. The first kappa shape index (κ1) is 21.3. The third kappa shape index (κ3) is 6.61. The summed E-state index contributed by atoms with van der Waals surface area (Å²) in [6.07, 6.45) is 0. The second kappa shape index (κ2) is 9.78. The number of halogens is 2. The minimum atomic E-state index is -2.84. The Balaban J connectivity index is 1.91. The predicted molar refractivity (Wildman–Crippen MR) is 109 cm³/mol. The van der Waals surface area contributed by atoms with Crippen LogP contribution >= 0.6 is 23.2 Å². The van der Waals surface area contributed by atoms with Crippen LogP contribution in [0.5, 0.6) is 0 Å². The zero-order valence-corrected chi connectivity index (χ0v) is 17.5. The molecule has 6 nitrogen and oxygen atoms in total. The number of hydrogen-bond acceptors (Lipinski definition) is 4. The monoisotopic (exact) mass is 420 g/mol. The summed E-state index contributed by atoms with van der Waals surface area (Å²) in [6.45, 7) is 6.01. The Morgan fingerprint density at radius 1 is 1.27 bits per heavy atom. The maximum Gasteiger partial charge on any atom is 0.194 e. The summed E-state index contributed by atoms with van der Waals surface area (Å²) in [7, 11) is -0.869. The van der Waals surface area contributed by atoms with E-state index in [9.17, 15) is 8.42 Å². The SMILES string of the molecule is CCNC(=NCCN1CCS(=O)(=O)CC1)N(C)Cc1ccc(Cl)c(Cl)c1. The number of nitrogens with zero attached hydrogens (tertiary/aromatic N) is 3. The first-order valence-corrected chi connectivity index (χ1v) is 11.2. The molecule has 1 N–H and O–H groups in total. The summed E-state index contributed by atoms with van der Waals surface area (Å²) >= 11 is 12.0. The summed E-state index contributed by atoms with van der Waals surface area (Å²) in [6, 6.07) is 5.60. The average molecular weight is 421 g/mol. The Morgan fingerprint density at radius 2 is 1.96 bits per heavy atom. The molecule has 2 rings (SSSR count). The van der Waals surface area contributed by atoms with E-state index in [1.54, 1.807) is 6.07 Å². The molecule has 1 saturated heterocycles. The maximum absolute atomic E-state index is 11.5. The van der Waals surface area contributed by atoms with Gasteiger partial charge in [0.05, 0.1) is 28.1 Å². The second-order valence-electron chi connectivity index (χ2n) is 6.33. The molecule has 0 amide bonds. The van der Waals surface area contributed by atoms with Gasteiger partial charge in [0.1, 0.15) is 0 Å². The van der Waals surface area contributed by atoms with Gasteiger partial charge in [0.2, 0.25) is 0 Å². The normalized spacial score (nSPS) is 17.9. The van der Waals surface area contributed by atoms with E-state index in [-0.39, 0.29) is 11.5 Å². The molecule has 146 valence electrons. The van der Waals surface area contributed by atoms with Crippen molar-refractivity contribution < 1.29 is 8.42 Å². The number of rotatable bonds is 6. The molecular formula is C17H26Cl2N4O2S. The standard InChI is InChI=1S/C17H26Cl2N4O2S/c1-3-20-17(21-6-7-23-8-10-26(24,25)11-9-23)22(2)13-14-4-5-15(18)16(19)12-14/h4-5,12H,3,6-11,13H2,1-2H3,(H,20,21). The van der Waals surface area contributed by atoms with Gasteiger partial charge in [-0.15, -0.1) is 0 Å². The highest BCUT2D eigenvalue weighted by Crippen LogP contribution is 2.23. The molecule has 9 heteroatoms. The molecule has 0 bridgehead atoms. The summed E-state index contributed by atoms with van der Waals surface area (Å²) in [5.41, 5.74) is 1.05. The molecule has 1 aliphatic rings. The predicted octanol–water partition coefficient (Wildman–Crippen LogP) is 2.12. The van der Waals surface area contributed by atoms with Gasteiger partial charge in [-0.25, -0.2) is 8.42 Å². The Hall–Kier alpha value is -1.02. The number of hydrogen-bond donors (Lipinski definition) is 1. The van der Waals surface area contributed by atoms with E-state index in [1.165, 1.54) is 0 Å². The van der Waals surface area contributed by atoms with Crippen LogP contribution in [-0.4, -0.2) is 75.5 Å². The van der Waals surface area contributed by atoms with Crippen LogP contribution < -0.4 is 5.32 Å². The molecule has 1 heterocycles. The molecule has 0 unspecified atom stereocenters. The first-order chi connectivity index (χ1) is 12.3. The molecule has 1 aromatic carbocycles. The largest absolute Gasteiger partial charge is 0.357 e. The van der Waals surface area contributed by atoms with Gasteiger partial charge in [-0.1, -0.05) is 29.3 Å². The quantitative estimate of drug-likeness (QED) is 0.563. The lowest BCUT2D eigenvalue weighted by Gasteiger charge is -2.26. The zero-order valence-electron chi connectivity index (χ0n) is 15.2. The van der Waals surface area contributed by atoms with E-state index in [1.807, 2.05) is 31.0 Å². The molecule has 1 fully saturated rings. The van der Waals surface area contributed by atoms with Gasteiger partial charge in [0.25, 0.3) is 0 Å². The van der Waals surface area contributed by atoms with Gasteiger partial charge in [-0.05, 0) is 24.6 Å². The average Bonchev–Trinajstić information content (AvgIpc) is 2.59. The Morgan fingerprint density at radius 3 is 2.58 bits per heavy atom. The first-order valence-electron chi connectivity index (χ1n) is 8.67. The van der Waals surface area contributed by atoms with E-state index in [0.717, 1.165) is 24.6 Å². The molecule has 0 atom stereocenters. The van der Waals surface area contributed by atoms with E-state index in [0.29, 0.717) is 36.2 Å². The molecule has 0 saturated carbocycles. The molecule has 0 spiro atoms.